The second-order valence-corrected chi connectivity index (χ2v) is 6.37. The van der Waals surface area contributed by atoms with E-state index in [4.69, 9.17) is 0 Å². The number of nitrogens with zero attached hydrogens (tertiary/aromatic N) is 3. The molecule has 0 aliphatic heterocycles. The Hall–Kier alpha value is -3.93. The number of hydrogen-bond donors (Lipinski definition) is 2. The lowest BCUT2D eigenvalue weighted by molar-refractivity contribution is 0.0952. The molecule has 6 nitrogen and oxygen atoms in total. The van der Waals surface area contributed by atoms with Gasteiger partial charge in [0.25, 0.3) is 5.91 Å². The smallest absolute Gasteiger partial charge is 0.275 e. The number of carbonyl (C=O) groups is 1. The van der Waals surface area contributed by atoms with Crippen molar-refractivity contribution in [2.75, 3.05) is 0 Å². The zero-order valence-corrected chi connectivity index (χ0v) is 15.0. The van der Waals surface area contributed by atoms with E-state index in [0.29, 0.717) is 6.54 Å². The summed E-state index contributed by atoms with van der Waals surface area (Å²) >= 11 is 0. The van der Waals surface area contributed by atoms with Crippen LogP contribution >= 0.6 is 0 Å². The van der Waals surface area contributed by atoms with Gasteiger partial charge in [0.1, 0.15) is 5.75 Å². The predicted octanol–water partition coefficient (Wildman–Crippen LogP) is 3.55. The van der Waals surface area contributed by atoms with E-state index in [-0.39, 0.29) is 11.3 Å². The Morgan fingerprint density at radius 3 is 2.57 bits per heavy atom. The standard InChI is InChI=1S/C22H18N4O2/c27-21-11-19-9-5-4-8-18(19)10-20(21)22(28)25-23-12-17-13-24-26(15-17)14-16-6-2-1-3-7-16/h1-13,15,27H,14H2,(H,25,28)/b23-12-. The summed E-state index contributed by atoms with van der Waals surface area (Å²) in [7, 11) is 0. The Morgan fingerprint density at radius 1 is 1.07 bits per heavy atom. The van der Waals surface area contributed by atoms with Crippen LogP contribution in [0.1, 0.15) is 21.5 Å². The number of nitrogens with one attached hydrogen (secondary N) is 1. The summed E-state index contributed by atoms with van der Waals surface area (Å²) in [5.41, 5.74) is 4.53. The average molecular weight is 370 g/mol. The van der Waals surface area contributed by atoms with Gasteiger partial charge in [-0.15, -0.1) is 0 Å². The molecular weight excluding hydrogens is 352 g/mol. The van der Waals surface area contributed by atoms with Gasteiger partial charge in [0.15, 0.2) is 0 Å². The molecule has 4 rings (SSSR count). The zero-order valence-electron chi connectivity index (χ0n) is 15.0. The van der Waals surface area contributed by atoms with Crippen molar-refractivity contribution in [2.45, 2.75) is 6.54 Å². The van der Waals surface area contributed by atoms with E-state index in [0.717, 1.165) is 21.9 Å². The number of fused-ring (bicyclic) bond motifs is 1. The maximum Gasteiger partial charge on any atom is 0.275 e. The molecule has 0 saturated carbocycles. The summed E-state index contributed by atoms with van der Waals surface area (Å²) in [5.74, 6) is -0.557. The molecule has 1 amide bonds. The first-order valence-electron chi connectivity index (χ1n) is 8.80. The number of rotatable bonds is 5. The van der Waals surface area contributed by atoms with Gasteiger partial charge in [0.05, 0.1) is 24.5 Å². The van der Waals surface area contributed by atoms with Gasteiger partial charge in [0.2, 0.25) is 0 Å². The summed E-state index contributed by atoms with van der Waals surface area (Å²) in [6, 6.07) is 20.7. The van der Waals surface area contributed by atoms with Crippen molar-refractivity contribution < 1.29 is 9.90 Å². The fourth-order valence-corrected chi connectivity index (χ4v) is 2.94. The van der Waals surface area contributed by atoms with Gasteiger partial charge in [-0.05, 0) is 28.5 Å². The number of benzene rings is 3. The predicted molar refractivity (Wildman–Crippen MR) is 108 cm³/mol. The third-order valence-electron chi connectivity index (χ3n) is 4.33. The van der Waals surface area contributed by atoms with Crippen molar-refractivity contribution in [1.82, 2.24) is 15.2 Å². The van der Waals surface area contributed by atoms with Gasteiger partial charge >= 0.3 is 0 Å². The molecule has 1 aromatic heterocycles. The van der Waals surface area contributed by atoms with Crippen LogP contribution < -0.4 is 5.43 Å². The minimum atomic E-state index is -0.476. The van der Waals surface area contributed by atoms with Gasteiger partial charge in [-0.2, -0.15) is 10.2 Å². The molecule has 0 aliphatic carbocycles. The number of phenolic OH excluding ortho intramolecular Hbond substituents is 1. The molecule has 6 heteroatoms. The SMILES string of the molecule is O=C(N/N=C\c1cnn(Cc2ccccc2)c1)c1cc2ccccc2cc1O. The first-order chi connectivity index (χ1) is 13.7. The van der Waals surface area contributed by atoms with Crippen LogP contribution in [0.25, 0.3) is 10.8 Å². The molecular formula is C22H18N4O2. The van der Waals surface area contributed by atoms with Crippen LogP contribution in [0.15, 0.2) is 84.2 Å². The lowest BCUT2D eigenvalue weighted by Gasteiger charge is -2.05. The van der Waals surface area contributed by atoms with E-state index in [1.54, 1.807) is 23.0 Å². The van der Waals surface area contributed by atoms with Crippen LogP contribution in [0.5, 0.6) is 5.75 Å². The molecule has 0 saturated heterocycles. The van der Waals surface area contributed by atoms with E-state index >= 15 is 0 Å². The summed E-state index contributed by atoms with van der Waals surface area (Å²) in [4.78, 5) is 12.3. The van der Waals surface area contributed by atoms with E-state index in [2.05, 4.69) is 15.6 Å². The average Bonchev–Trinajstić information content (AvgIpc) is 3.15. The number of carbonyl (C=O) groups excluding carboxylic acids is 1. The summed E-state index contributed by atoms with van der Waals surface area (Å²) in [5, 5.41) is 20.1. The van der Waals surface area contributed by atoms with Crippen LogP contribution in [0.4, 0.5) is 0 Å². The lowest BCUT2D eigenvalue weighted by atomic mass is 10.1. The molecule has 0 radical (unpaired) electrons. The highest BCUT2D eigenvalue weighted by Gasteiger charge is 2.11. The monoisotopic (exact) mass is 370 g/mol. The number of aromatic hydroxyl groups is 1. The molecule has 0 aliphatic rings. The summed E-state index contributed by atoms with van der Waals surface area (Å²) in [6.45, 7) is 0.659. The van der Waals surface area contributed by atoms with Crippen LogP contribution in [0, 0.1) is 0 Å². The minimum absolute atomic E-state index is 0.0814. The first kappa shape index (κ1) is 17.5. The van der Waals surface area contributed by atoms with E-state index in [1.165, 1.54) is 6.21 Å². The highest BCUT2D eigenvalue weighted by Crippen LogP contribution is 2.24. The molecule has 1 heterocycles. The minimum Gasteiger partial charge on any atom is -0.507 e. The highest BCUT2D eigenvalue weighted by atomic mass is 16.3. The Balaban J connectivity index is 1.42. The van der Waals surface area contributed by atoms with Crippen molar-refractivity contribution in [3.05, 3.63) is 95.8 Å². The van der Waals surface area contributed by atoms with Crippen molar-refractivity contribution >= 4 is 22.9 Å². The molecule has 138 valence electrons. The number of phenols is 1. The molecule has 0 atom stereocenters. The molecule has 2 N–H and O–H groups in total. The number of aromatic nitrogens is 2. The Labute approximate surface area is 161 Å². The van der Waals surface area contributed by atoms with Crippen LogP contribution in [0.3, 0.4) is 0 Å². The topological polar surface area (TPSA) is 79.5 Å². The second kappa shape index (κ2) is 7.75. The van der Waals surface area contributed by atoms with E-state index in [9.17, 15) is 9.90 Å². The molecule has 0 bridgehead atoms. The van der Waals surface area contributed by atoms with Gasteiger partial charge in [-0.25, -0.2) is 5.43 Å². The third kappa shape index (κ3) is 3.91. The Kier molecular flexibility index (Phi) is 4.84. The number of hydrogen-bond acceptors (Lipinski definition) is 4. The van der Waals surface area contributed by atoms with Gasteiger partial charge < -0.3 is 5.11 Å². The molecule has 4 aromatic rings. The van der Waals surface area contributed by atoms with E-state index in [1.807, 2.05) is 60.8 Å². The number of hydrazone groups is 1. The largest absolute Gasteiger partial charge is 0.507 e. The number of amides is 1. The van der Waals surface area contributed by atoms with Crippen molar-refractivity contribution in [3.8, 4) is 5.75 Å². The van der Waals surface area contributed by atoms with Crippen LogP contribution in [-0.4, -0.2) is 27.0 Å². The van der Waals surface area contributed by atoms with Crippen molar-refractivity contribution in [3.63, 3.8) is 0 Å². The molecule has 0 unspecified atom stereocenters. The Bertz CT molecular complexity index is 1150. The van der Waals surface area contributed by atoms with Crippen molar-refractivity contribution in [1.29, 1.82) is 0 Å². The van der Waals surface area contributed by atoms with Crippen molar-refractivity contribution in [2.24, 2.45) is 5.10 Å². The maximum atomic E-state index is 12.3. The normalized spacial score (nSPS) is 11.1. The maximum absolute atomic E-state index is 12.3. The second-order valence-electron chi connectivity index (χ2n) is 6.37. The van der Waals surface area contributed by atoms with Gasteiger partial charge in [-0.3, -0.25) is 9.48 Å². The molecule has 3 aromatic carbocycles. The molecule has 28 heavy (non-hydrogen) atoms. The first-order valence-corrected chi connectivity index (χ1v) is 8.80. The van der Waals surface area contributed by atoms with Crippen LogP contribution in [-0.2, 0) is 6.54 Å². The molecule has 0 fully saturated rings. The quantitative estimate of drug-likeness (QED) is 0.416. The van der Waals surface area contributed by atoms with Crippen LogP contribution in [0.2, 0.25) is 0 Å². The summed E-state index contributed by atoms with van der Waals surface area (Å²) in [6.07, 6.45) is 5.03. The fourth-order valence-electron chi connectivity index (χ4n) is 2.94. The highest BCUT2D eigenvalue weighted by molar-refractivity contribution is 6.01. The van der Waals surface area contributed by atoms with Gasteiger partial charge in [0, 0.05) is 11.8 Å². The molecule has 0 spiro atoms. The summed E-state index contributed by atoms with van der Waals surface area (Å²) < 4.78 is 1.80. The third-order valence-corrected chi connectivity index (χ3v) is 4.33. The fraction of sp³-hybridized carbons (Fsp3) is 0.0455. The lowest BCUT2D eigenvalue weighted by Crippen LogP contribution is -2.17. The van der Waals surface area contributed by atoms with Gasteiger partial charge in [-0.1, -0.05) is 54.6 Å². The zero-order chi connectivity index (χ0) is 19.3. The Morgan fingerprint density at radius 2 is 1.79 bits per heavy atom. The van der Waals surface area contributed by atoms with E-state index < -0.39 is 5.91 Å².